The lowest BCUT2D eigenvalue weighted by Crippen LogP contribution is -2.45. The van der Waals surface area contributed by atoms with Crippen LogP contribution in [-0.4, -0.2) is 37.0 Å². The highest BCUT2D eigenvalue weighted by Crippen LogP contribution is 2.70. The molecule has 2 aliphatic carbocycles. The number of fused-ring (bicyclic) bond motifs is 5. The summed E-state index contributed by atoms with van der Waals surface area (Å²) in [5, 5.41) is 3.39. The number of nitrogens with one attached hydrogen (secondary N) is 1. The molecule has 0 spiro atoms. The summed E-state index contributed by atoms with van der Waals surface area (Å²) in [6, 6.07) is 15.8. The van der Waals surface area contributed by atoms with E-state index in [1.165, 1.54) is 0 Å². The Kier molecular flexibility index (Phi) is 4.10. The van der Waals surface area contributed by atoms with E-state index in [1.54, 1.807) is 0 Å². The molecule has 2 nitrogen and oxygen atoms in total. The van der Waals surface area contributed by atoms with Crippen molar-refractivity contribution in [3.63, 3.8) is 0 Å². The molecule has 25 heavy (non-hydrogen) atoms. The number of rotatable bonds is 1. The molecule has 1 saturated heterocycles. The van der Waals surface area contributed by atoms with Gasteiger partial charge in [-0.25, -0.2) is 8.78 Å². The van der Waals surface area contributed by atoms with Gasteiger partial charge in [0.2, 0.25) is 0 Å². The van der Waals surface area contributed by atoms with Crippen LogP contribution in [0.3, 0.4) is 0 Å². The first kappa shape index (κ1) is 17.0. The molecule has 132 valence electrons. The topological polar surface area (TPSA) is 15.3 Å². The third-order valence-corrected chi connectivity index (χ3v) is 5.82. The van der Waals surface area contributed by atoms with E-state index in [0.717, 1.165) is 48.4 Å². The van der Waals surface area contributed by atoms with Gasteiger partial charge in [-0.2, -0.15) is 0 Å². The highest BCUT2D eigenvalue weighted by atomic mass is 35.5. The molecule has 5 rings (SSSR count). The maximum Gasteiger partial charge on any atom is 0.263 e. The van der Waals surface area contributed by atoms with Crippen molar-refractivity contribution in [2.75, 3.05) is 26.2 Å². The van der Waals surface area contributed by atoms with E-state index in [1.807, 2.05) is 36.4 Å². The minimum atomic E-state index is -2.62. The zero-order valence-corrected chi connectivity index (χ0v) is 14.6. The second-order valence-electron chi connectivity index (χ2n) is 7.08. The Hall–Kier alpha value is -1.49. The summed E-state index contributed by atoms with van der Waals surface area (Å²) in [6.07, 6.45) is 0. The van der Waals surface area contributed by atoms with Gasteiger partial charge in [-0.3, -0.25) is 4.90 Å². The molecular formula is C20H21ClF2N2. The fourth-order valence-electron chi connectivity index (χ4n) is 4.69. The van der Waals surface area contributed by atoms with Gasteiger partial charge in [-0.15, -0.1) is 12.4 Å². The molecule has 3 atom stereocenters. The van der Waals surface area contributed by atoms with Crippen LogP contribution in [0, 0.1) is 0 Å². The predicted molar refractivity (Wildman–Crippen MR) is 96.8 cm³/mol. The smallest absolute Gasteiger partial charge is 0.263 e. The summed E-state index contributed by atoms with van der Waals surface area (Å²) in [7, 11) is 0. The van der Waals surface area contributed by atoms with Crippen molar-refractivity contribution in [2.24, 2.45) is 0 Å². The van der Waals surface area contributed by atoms with Crippen LogP contribution in [0.25, 0.3) is 0 Å². The number of hydrogen-bond acceptors (Lipinski definition) is 2. The Morgan fingerprint density at radius 3 is 1.72 bits per heavy atom. The molecule has 0 bridgehead atoms. The molecule has 0 radical (unpaired) electrons. The van der Waals surface area contributed by atoms with Gasteiger partial charge in [-0.1, -0.05) is 48.5 Å². The third kappa shape index (κ3) is 2.42. The van der Waals surface area contributed by atoms with E-state index >= 15 is 0 Å². The Bertz CT molecular complexity index is 733. The quantitative estimate of drug-likeness (QED) is 0.826. The van der Waals surface area contributed by atoms with E-state index in [-0.39, 0.29) is 18.4 Å². The van der Waals surface area contributed by atoms with Crippen molar-refractivity contribution in [1.82, 2.24) is 10.2 Å². The third-order valence-electron chi connectivity index (χ3n) is 5.82. The summed E-state index contributed by atoms with van der Waals surface area (Å²) in [5.41, 5.74) is 3.81. The fraction of sp³-hybridized carbons (Fsp3) is 0.400. The number of alkyl halides is 2. The minimum Gasteiger partial charge on any atom is -0.314 e. The Labute approximate surface area is 152 Å². The number of halogens is 3. The summed E-state index contributed by atoms with van der Waals surface area (Å²) in [4.78, 5) is 2.44. The zero-order chi connectivity index (χ0) is 16.3. The first-order valence-electron chi connectivity index (χ1n) is 8.70. The van der Waals surface area contributed by atoms with Gasteiger partial charge >= 0.3 is 0 Å². The molecule has 1 N–H and O–H groups in total. The summed E-state index contributed by atoms with van der Waals surface area (Å²) in [6.45, 7) is 3.78. The van der Waals surface area contributed by atoms with E-state index < -0.39 is 17.8 Å². The summed E-state index contributed by atoms with van der Waals surface area (Å²) in [5.74, 6) is -3.95. The molecule has 5 heteroatoms. The lowest BCUT2D eigenvalue weighted by atomic mass is 9.90. The standard InChI is InChI=1S/C20H20F2N2.ClH/c21-20(22)17-13-5-1-3-7-15(13)19(24-11-9-23-10-12-24)16-8-4-2-6-14(16)18(17)20;/h1-8,17-19,23H,9-12H2;1H/t17-,18+,19?;. The van der Waals surface area contributed by atoms with Crippen LogP contribution < -0.4 is 5.32 Å². The average molecular weight is 363 g/mol. The van der Waals surface area contributed by atoms with Gasteiger partial charge < -0.3 is 5.32 Å². The van der Waals surface area contributed by atoms with E-state index in [9.17, 15) is 8.78 Å². The number of hydrogen-bond donors (Lipinski definition) is 1. The molecule has 1 saturated carbocycles. The van der Waals surface area contributed by atoms with Crippen LogP contribution in [0.5, 0.6) is 0 Å². The Morgan fingerprint density at radius 1 is 0.800 bits per heavy atom. The summed E-state index contributed by atoms with van der Waals surface area (Å²) >= 11 is 0. The highest BCUT2D eigenvalue weighted by Gasteiger charge is 2.71. The molecule has 2 aromatic rings. The lowest BCUT2D eigenvalue weighted by molar-refractivity contribution is 0.103. The van der Waals surface area contributed by atoms with Crippen LogP contribution >= 0.6 is 12.4 Å². The van der Waals surface area contributed by atoms with Crippen molar-refractivity contribution in [3.05, 3.63) is 70.8 Å². The maximum absolute atomic E-state index is 14.6. The zero-order valence-electron chi connectivity index (χ0n) is 13.8. The molecule has 1 aliphatic heterocycles. The van der Waals surface area contributed by atoms with Gasteiger partial charge in [0.1, 0.15) is 0 Å². The number of benzene rings is 2. The first-order chi connectivity index (χ1) is 11.7. The second kappa shape index (κ2) is 6.04. The number of nitrogens with zero attached hydrogens (tertiary/aromatic N) is 1. The van der Waals surface area contributed by atoms with Crippen molar-refractivity contribution < 1.29 is 8.78 Å². The molecule has 0 amide bonds. The van der Waals surface area contributed by atoms with Gasteiger partial charge in [0, 0.05) is 26.2 Å². The van der Waals surface area contributed by atoms with E-state index in [4.69, 9.17) is 0 Å². The largest absolute Gasteiger partial charge is 0.314 e. The molecule has 2 fully saturated rings. The van der Waals surface area contributed by atoms with Crippen molar-refractivity contribution in [1.29, 1.82) is 0 Å². The SMILES string of the molecule is Cl.FC1(F)[C@@H]2c3ccccc3C(N3CCNCC3)c3ccccc3[C@@H]21. The van der Waals surface area contributed by atoms with Crippen LogP contribution in [0.15, 0.2) is 48.5 Å². The van der Waals surface area contributed by atoms with E-state index in [0.29, 0.717) is 0 Å². The minimum absolute atomic E-state index is 0. The van der Waals surface area contributed by atoms with Gasteiger partial charge in [0.15, 0.2) is 0 Å². The molecular weight excluding hydrogens is 342 g/mol. The molecule has 0 aromatic heterocycles. The van der Waals surface area contributed by atoms with Gasteiger partial charge in [0.25, 0.3) is 5.92 Å². The normalized spacial score (nSPS) is 29.4. The van der Waals surface area contributed by atoms with E-state index in [2.05, 4.69) is 22.3 Å². The van der Waals surface area contributed by atoms with Crippen LogP contribution in [0.4, 0.5) is 8.78 Å². The van der Waals surface area contributed by atoms with Crippen LogP contribution in [-0.2, 0) is 0 Å². The van der Waals surface area contributed by atoms with Crippen LogP contribution in [0.2, 0.25) is 0 Å². The van der Waals surface area contributed by atoms with Crippen molar-refractivity contribution in [2.45, 2.75) is 23.8 Å². The maximum atomic E-state index is 14.6. The molecule has 3 aliphatic rings. The Morgan fingerprint density at radius 2 is 1.24 bits per heavy atom. The average Bonchev–Trinajstić information content (AvgIpc) is 3.22. The monoisotopic (exact) mass is 362 g/mol. The second-order valence-corrected chi connectivity index (χ2v) is 7.08. The highest BCUT2D eigenvalue weighted by molar-refractivity contribution is 5.85. The van der Waals surface area contributed by atoms with Crippen molar-refractivity contribution in [3.8, 4) is 0 Å². The lowest BCUT2D eigenvalue weighted by Gasteiger charge is -2.37. The van der Waals surface area contributed by atoms with Crippen molar-refractivity contribution >= 4 is 12.4 Å². The van der Waals surface area contributed by atoms with Crippen LogP contribution in [0.1, 0.15) is 40.1 Å². The van der Waals surface area contributed by atoms with Gasteiger partial charge in [-0.05, 0) is 22.3 Å². The molecule has 1 heterocycles. The Balaban J connectivity index is 0.00000157. The predicted octanol–water partition coefficient (Wildman–Crippen LogP) is 3.93. The first-order valence-corrected chi connectivity index (χ1v) is 8.70. The fourth-order valence-corrected chi connectivity index (χ4v) is 4.69. The number of piperazine rings is 1. The molecule has 1 unspecified atom stereocenters. The summed E-state index contributed by atoms with van der Waals surface area (Å²) < 4.78 is 29.2. The molecule has 2 aromatic carbocycles. The van der Waals surface area contributed by atoms with Gasteiger partial charge in [0.05, 0.1) is 17.9 Å².